The highest BCUT2D eigenvalue weighted by molar-refractivity contribution is 5.93. The van der Waals surface area contributed by atoms with Gasteiger partial charge in [-0.15, -0.1) is 0 Å². The highest BCUT2D eigenvalue weighted by Gasteiger charge is 2.24. The number of para-hydroxylation sites is 1. The molecular weight excluding hydrogens is 342 g/mol. The Balaban J connectivity index is 1.87. The van der Waals surface area contributed by atoms with Crippen molar-refractivity contribution >= 4 is 16.7 Å². The van der Waals surface area contributed by atoms with Gasteiger partial charge in [-0.1, -0.05) is 42.5 Å². The molecule has 0 saturated carbocycles. The van der Waals surface area contributed by atoms with Gasteiger partial charge in [0.05, 0.1) is 17.7 Å². The van der Waals surface area contributed by atoms with Crippen LogP contribution in [0, 0.1) is 0 Å². The fourth-order valence-corrected chi connectivity index (χ4v) is 3.42. The molecule has 1 aliphatic rings. The summed E-state index contributed by atoms with van der Waals surface area (Å²) in [5, 5.41) is 0.216. The Bertz CT molecular complexity index is 1230. The number of rotatable bonds is 1. The fourth-order valence-electron chi connectivity index (χ4n) is 3.42. The number of nitrogens with zero attached hydrogens (tertiary/aromatic N) is 2. The van der Waals surface area contributed by atoms with E-state index in [9.17, 15) is 4.79 Å². The van der Waals surface area contributed by atoms with E-state index >= 15 is 0 Å². The van der Waals surface area contributed by atoms with Crippen LogP contribution in [0.4, 0.5) is 5.82 Å². The molecule has 0 bridgehead atoms. The van der Waals surface area contributed by atoms with Crippen LogP contribution < -0.4 is 16.1 Å². The molecule has 2 aromatic heterocycles. The summed E-state index contributed by atoms with van der Waals surface area (Å²) in [7, 11) is 0. The Hall–Kier alpha value is -3.67. The number of nitrogens with two attached hydrogens (primary N) is 1. The lowest BCUT2D eigenvalue weighted by molar-refractivity contribution is 0.327. The first-order chi connectivity index (χ1) is 13.2. The second-order valence-corrected chi connectivity index (χ2v) is 6.31. The molecular formula is C21H15N3O3. The van der Waals surface area contributed by atoms with Crippen molar-refractivity contribution in [2.75, 3.05) is 12.3 Å². The van der Waals surface area contributed by atoms with Crippen molar-refractivity contribution in [2.45, 2.75) is 6.42 Å². The zero-order valence-corrected chi connectivity index (χ0v) is 14.3. The molecule has 0 spiro atoms. The van der Waals surface area contributed by atoms with Crippen LogP contribution in [-0.4, -0.2) is 16.6 Å². The molecule has 3 heterocycles. The summed E-state index contributed by atoms with van der Waals surface area (Å²) in [6, 6.07) is 17.0. The molecule has 0 aliphatic carbocycles. The van der Waals surface area contributed by atoms with Gasteiger partial charge in [0, 0.05) is 17.5 Å². The van der Waals surface area contributed by atoms with Crippen LogP contribution >= 0.6 is 0 Å². The zero-order chi connectivity index (χ0) is 18.4. The molecule has 2 N–H and O–H groups in total. The maximum absolute atomic E-state index is 12.7. The first-order valence-electron chi connectivity index (χ1n) is 8.63. The van der Waals surface area contributed by atoms with E-state index in [0.29, 0.717) is 35.9 Å². The van der Waals surface area contributed by atoms with Crippen molar-refractivity contribution in [1.29, 1.82) is 0 Å². The molecule has 0 amide bonds. The Kier molecular flexibility index (Phi) is 3.43. The number of hydrogen-bond donors (Lipinski definition) is 1. The van der Waals surface area contributed by atoms with Crippen molar-refractivity contribution in [2.24, 2.45) is 0 Å². The Morgan fingerprint density at radius 1 is 0.963 bits per heavy atom. The third-order valence-corrected chi connectivity index (χ3v) is 4.67. The standard InChI is InChI=1S/C21H15N3O3/c22-19-16-17(23-20(24-19)12-6-2-1-3-7-12)14-10-11-26-15-9-5-4-8-13(15)18(14)27-21(16)25/h1-9H,10-11H2,(H2,22,23,24). The lowest BCUT2D eigenvalue weighted by Gasteiger charge is -2.11. The minimum Gasteiger partial charge on any atom is -0.492 e. The molecule has 2 aromatic carbocycles. The van der Waals surface area contributed by atoms with Crippen molar-refractivity contribution in [3.05, 3.63) is 70.6 Å². The van der Waals surface area contributed by atoms with E-state index in [0.717, 1.165) is 16.7 Å². The molecule has 1 aliphatic heterocycles. The SMILES string of the molecule is Nc1nc(-c2ccccc2)nc2c3c(oc(=O)c12)-c1ccccc1OCC3. The molecule has 4 aromatic rings. The van der Waals surface area contributed by atoms with Crippen LogP contribution in [0.5, 0.6) is 5.75 Å². The molecule has 0 unspecified atom stereocenters. The van der Waals surface area contributed by atoms with Crippen LogP contribution in [0.15, 0.2) is 63.8 Å². The molecule has 6 nitrogen and oxygen atoms in total. The summed E-state index contributed by atoms with van der Waals surface area (Å²) in [6.45, 7) is 0.456. The summed E-state index contributed by atoms with van der Waals surface area (Å²) >= 11 is 0. The quantitative estimate of drug-likeness (QED) is 0.561. The highest BCUT2D eigenvalue weighted by Crippen LogP contribution is 2.37. The van der Waals surface area contributed by atoms with Gasteiger partial charge in [0.1, 0.15) is 22.7 Å². The molecule has 132 valence electrons. The van der Waals surface area contributed by atoms with Gasteiger partial charge in [0.25, 0.3) is 0 Å². The van der Waals surface area contributed by atoms with E-state index in [1.807, 2.05) is 54.6 Å². The Labute approximate surface area is 154 Å². The van der Waals surface area contributed by atoms with Gasteiger partial charge in [0.15, 0.2) is 5.82 Å². The number of hydrogen-bond acceptors (Lipinski definition) is 6. The highest BCUT2D eigenvalue weighted by atomic mass is 16.5. The topological polar surface area (TPSA) is 91.2 Å². The molecule has 0 saturated heterocycles. The number of ether oxygens (including phenoxy) is 1. The van der Waals surface area contributed by atoms with Gasteiger partial charge in [-0.2, -0.15) is 0 Å². The summed E-state index contributed by atoms with van der Waals surface area (Å²) in [5.41, 5.74) is 8.47. The van der Waals surface area contributed by atoms with Gasteiger partial charge >= 0.3 is 5.63 Å². The van der Waals surface area contributed by atoms with Crippen molar-refractivity contribution in [1.82, 2.24) is 9.97 Å². The second-order valence-electron chi connectivity index (χ2n) is 6.31. The molecule has 0 fully saturated rings. The van der Waals surface area contributed by atoms with E-state index in [4.69, 9.17) is 14.9 Å². The second kappa shape index (κ2) is 5.95. The zero-order valence-electron chi connectivity index (χ0n) is 14.3. The summed E-state index contributed by atoms with van der Waals surface area (Å²) < 4.78 is 11.5. The number of anilines is 1. The van der Waals surface area contributed by atoms with E-state index < -0.39 is 5.63 Å². The normalized spacial score (nSPS) is 12.7. The van der Waals surface area contributed by atoms with E-state index in [1.54, 1.807) is 0 Å². The predicted octanol–water partition coefficient (Wildman–Crippen LogP) is 3.43. The lowest BCUT2D eigenvalue weighted by Crippen LogP contribution is -2.11. The van der Waals surface area contributed by atoms with Crippen molar-refractivity contribution < 1.29 is 9.15 Å². The number of aromatic nitrogens is 2. The van der Waals surface area contributed by atoms with Crippen LogP contribution in [0.2, 0.25) is 0 Å². The Morgan fingerprint density at radius 3 is 2.59 bits per heavy atom. The van der Waals surface area contributed by atoms with Gasteiger partial charge < -0.3 is 14.9 Å². The molecule has 5 rings (SSSR count). The summed E-state index contributed by atoms with van der Waals surface area (Å²) in [5.74, 6) is 1.77. The van der Waals surface area contributed by atoms with Gasteiger partial charge in [0.2, 0.25) is 0 Å². The van der Waals surface area contributed by atoms with E-state index in [-0.39, 0.29) is 11.2 Å². The molecule has 0 atom stereocenters. The number of fused-ring (bicyclic) bond motifs is 5. The molecule has 0 radical (unpaired) electrons. The van der Waals surface area contributed by atoms with Gasteiger partial charge in [-0.05, 0) is 12.1 Å². The Morgan fingerprint density at radius 2 is 1.74 bits per heavy atom. The van der Waals surface area contributed by atoms with Crippen LogP contribution in [0.3, 0.4) is 0 Å². The minimum atomic E-state index is -0.544. The number of benzene rings is 2. The average Bonchev–Trinajstić information content (AvgIpc) is 2.88. The predicted molar refractivity (Wildman–Crippen MR) is 103 cm³/mol. The smallest absolute Gasteiger partial charge is 0.349 e. The van der Waals surface area contributed by atoms with Crippen LogP contribution in [0.25, 0.3) is 33.6 Å². The monoisotopic (exact) mass is 357 g/mol. The number of nitrogen functional groups attached to an aromatic ring is 1. The van der Waals surface area contributed by atoms with Crippen LogP contribution in [0.1, 0.15) is 5.56 Å². The maximum atomic E-state index is 12.7. The maximum Gasteiger partial charge on any atom is 0.349 e. The largest absolute Gasteiger partial charge is 0.492 e. The molecule has 6 heteroatoms. The van der Waals surface area contributed by atoms with Crippen LogP contribution in [-0.2, 0) is 6.42 Å². The summed E-state index contributed by atoms with van der Waals surface area (Å²) in [6.07, 6.45) is 0.551. The van der Waals surface area contributed by atoms with E-state index in [1.165, 1.54) is 0 Å². The van der Waals surface area contributed by atoms with Gasteiger partial charge in [-0.3, -0.25) is 0 Å². The first kappa shape index (κ1) is 15.6. The third-order valence-electron chi connectivity index (χ3n) is 4.67. The van der Waals surface area contributed by atoms with E-state index in [2.05, 4.69) is 9.97 Å². The average molecular weight is 357 g/mol. The first-order valence-corrected chi connectivity index (χ1v) is 8.63. The molecule has 27 heavy (non-hydrogen) atoms. The van der Waals surface area contributed by atoms with Gasteiger partial charge in [-0.25, -0.2) is 14.8 Å². The lowest BCUT2D eigenvalue weighted by atomic mass is 10.0. The minimum absolute atomic E-state index is 0.119. The summed E-state index contributed by atoms with van der Waals surface area (Å²) in [4.78, 5) is 21.7. The van der Waals surface area contributed by atoms with Crippen molar-refractivity contribution in [3.8, 4) is 28.5 Å². The fraction of sp³-hybridized carbons (Fsp3) is 0.0952. The third kappa shape index (κ3) is 2.45. The van der Waals surface area contributed by atoms with Crippen molar-refractivity contribution in [3.63, 3.8) is 0 Å².